The van der Waals surface area contributed by atoms with E-state index in [1.54, 1.807) is 26.0 Å². The highest BCUT2D eigenvalue weighted by atomic mass is 35.5. The molecule has 1 saturated heterocycles. The van der Waals surface area contributed by atoms with Crippen LogP contribution in [-0.4, -0.2) is 30.4 Å². The first-order valence-corrected chi connectivity index (χ1v) is 10.5. The first-order valence-electron chi connectivity index (χ1n) is 9.27. The Balaban J connectivity index is 1.65. The molecule has 0 bridgehead atoms. The summed E-state index contributed by atoms with van der Waals surface area (Å²) in [5.41, 5.74) is 5.20. The van der Waals surface area contributed by atoms with Crippen LogP contribution in [0.4, 0.5) is 11.4 Å². The summed E-state index contributed by atoms with van der Waals surface area (Å²) >= 11 is 7.06. The predicted molar refractivity (Wildman–Crippen MR) is 115 cm³/mol. The highest BCUT2D eigenvalue weighted by Crippen LogP contribution is 2.25. The summed E-state index contributed by atoms with van der Waals surface area (Å²) in [5, 5.41) is 7.82. The molecule has 1 aliphatic rings. The second-order valence-electron chi connectivity index (χ2n) is 7.41. The van der Waals surface area contributed by atoms with Crippen LogP contribution in [0.2, 0.25) is 4.34 Å². The molecule has 2 amide bonds. The van der Waals surface area contributed by atoms with Crippen LogP contribution >= 0.6 is 22.9 Å². The Morgan fingerprint density at radius 1 is 1.21 bits per heavy atom. The van der Waals surface area contributed by atoms with Crippen LogP contribution in [0.5, 0.6) is 0 Å². The van der Waals surface area contributed by atoms with E-state index in [2.05, 4.69) is 21.1 Å². The van der Waals surface area contributed by atoms with Crippen LogP contribution in [0, 0.1) is 6.92 Å². The highest BCUT2D eigenvalue weighted by molar-refractivity contribution is 7.18. The number of nitrogens with one attached hydrogen (secondary N) is 3. The Kier molecular flexibility index (Phi) is 6.27. The maximum absolute atomic E-state index is 12.7. The van der Waals surface area contributed by atoms with Crippen LogP contribution in [0.3, 0.4) is 0 Å². The number of rotatable bonds is 5. The fourth-order valence-electron chi connectivity index (χ4n) is 3.06. The quantitative estimate of drug-likeness (QED) is 0.684. The molecule has 0 radical (unpaired) electrons. The molecular weight excluding hydrogens is 396 g/mol. The van der Waals surface area contributed by atoms with E-state index in [9.17, 15) is 9.59 Å². The second-order valence-corrected chi connectivity index (χ2v) is 9.12. The molecule has 0 atom stereocenters. The van der Waals surface area contributed by atoms with Crippen LogP contribution in [0.1, 0.15) is 41.9 Å². The smallest absolute Gasteiger partial charge is 0.262 e. The van der Waals surface area contributed by atoms with Crippen molar-refractivity contribution >= 4 is 46.1 Å². The molecule has 3 rings (SSSR count). The lowest BCUT2D eigenvalue weighted by atomic mass is 10.0. The van der Waals surface area contributed by atoms with E-state index in [1.165, 1.54) is 17.8 Å². The SMILES string of the molecule is Cc1cc(NC(=O)C(C)(C)NC(=O)c2ccc(Cl)s2)ccc1N1CCCCN1. The summed E-state index contributed by atoms with van der Waals surface area (Å²) in [6.45, 7) is 7.32. The second kappa shape index (κ2) is 8.51. The number of hydrazine groups is 1. The van der Waals surface area contributed by atoms with Gasteiger partial charge in [-0.1, -0.05) is 11.6 Å². The van der Waals surface area contributed by atoms with Gasteiger partial charge in [-0.2, -0.15) is 0 Å². The zero-order valence-corrected chi connectivity index (χ0v) is 17.8. The predicted octanol–water partition coefficient (Wildman–Crippen LogP) is 3.96. The Hall–Kier alpha value is -2.09. The number of anilines is 2. The maximum Gasteiger partial charge on any atom is 0.262 e. The van der Waals surface area contributed by atoms with Gasteiger partial charge in [0, 0.05) is 18.8 Å². The molecular formula is C20H25ClN4O2S. The van der Waals surface area contributed by atoms with Gasteiger partial charge >= 0.3 is 0 Å². The summed E-state index contributed by atoms with van der Waals surface area (Å²) in [6.07, 6.45) is 2.34. The Morgan fingerprint density at radius 3 is 2.61 bits per heavy atom. The highest BCUT2D eigenvalue weighted by Gasteiger charge is 2.30. The Bertz CT molecular complexity index is 875. The molecule has 150 valence electrons. The van der Waals surface area contributed by atoms with Crippen molar-refractivity contribution in [1.82, 2.24) is 10.7 Å². The van der Waals surface area contributed by atoms with E-state index >= 15 is 0 Å². The first-order chi connectivity index (χ1) is 13.3. The van der Waals surface area contributed by atoms with Crippen molar-refractivity contribution in [3.8, 4) is 0 Å². The average molecular weight is 421 g/mol. The molecule has 1 fully saturated rings. The van der Waals surface area contributed by atoms with Gasteiger partial charge in [-0.25, -0.2) is 5.43 Å². The van der Waals surface area contributed by atoms with Crippen molar-refractivity contribution in [2.45, 2.75) is 39.2 Å². The minimum atomic E-state index is -1.07. The van der Waals surface area contributed by atoms with E-state index in [0.29, 0.717) is 14.9 Å². The minimum absolute atomic E-state index is 0.285. The standard InChI is InChI=1S/C20H25ClN4O2S/c1-13-12-14(6-7-15(13)25-11-5-4-10-22-25)23-19(27)20(2,3)24-18(26)16-8-9-17(21)28-16/h6-9,12,22H,4-5,10-11H2,1-3H3,(H,23,27)(H,24,26). The first kappa shape index (κ1) is 20.6. The van der Waals surface area contributed by atoms with Crippen molar-refractivity contribution in [3.63, 3.8) is 0 Å². The zero-order valence-electron chi connectivity index (χ0n) is 16.3. The average Bonchev–Trinajstić information content (AvgIpc) is 3.09. The summed E-state index contributed by atoms with van der Waals surface area (Å²) in [4.78, 5) is 25.6. The van der Waals surface area contributed by atoms with Crippen molar-refractivity contribution in [3.05, 3.63) is 45.1 Å². The number of hydrogen-bond donors (Lipinski definition) is 3. The van der Waals surface area contributed by atoms with Gasteiger partial charge in [0.2, 0.25) is 5.91 Å². The normalized spacial score (nSPS) is 14.6. The third kappa shape index (κ3) is 4.84. The third-order valence-corrected chi connectivity index (χ3v) is 5.88. The summed E-state index contributed by atoms with van der Waals surface area (Å²) in [7, 11) is 0. The topological polar surface area (TPSA) is 73.5 Å². The number of aryl methyl sites for hydroxylation is 1. The number of benzene rings is 1. The minimum Gasteiger partial charge on any atom is -0.337 e. The Labute approximate surface area is 174 Å². The maximum atomic E-state index is 12.7. The summed E-state index contributed by atoms with van der Waals surface area (Å²) in [6, 6.07) is 9.14. The lowest BCUT2D eigenvalue weighted by Crippen LogP contribution is -2.52. The fraction of sp³-hybridized carbons (Fsp3) is 0.400. The Morgan fingerprint density at radius 2 is 2.00 bits per heavy atom. The lowest BCUT2D eigenvalue weighted by molar-refractivity contribution is -0.120. The van der Waals surface area contributed by atoms with Gasteiger partial charge in [0.25, 0.3) is 5.91 Å². The van der Waals surface area contributed by atoms with Gasteiger partial charge in [-0.15, -0.1) is 11.3 Å². The van der Waals surface area contributed by atoms with Gasteiger partial charge < -0.3 is 15.6 Å². The fourth-order valence-corrected chi connectivity index (χ4v) is 3.99. The molecule has 8 heteroatoms. The molecule has 2 heterocycles. The van der Waals surface area contributed by atoms with Gasteiger partial charge in [0.05, 0.1) is 14.9 Å². The van der Waals surface area contributed by atoms with Crippen molar-refractivity contribution in [1.29, 1.82) is 0 Å². The number of thiophene rings is 1. The number of carbonyl (C=O) groups excluding carboxylic acids is 2. The largest absolute Gasteiger partial charge is 0.337 e. The van der Waals surface area contributed by atoms with Crippen molar-refractivity contribution < 1.29 is 9.59 Å². The molecule has 1 aromatic carbocycles. The van der Waals surface area contributed by atoms with Crippen LogP contribution < -0.4 is 21.1 Å². The van der Waals surface area contributed by atoms with Crippen LogP contribution in [0.15, 0.2) is 30.3 Å². The molecule has 1 aromatic heterocycles. The molecule has 3 N–H and O–H groups in total. The van der Waals surface area contributed by atoms with E-state index in [1.807, 2.05) is 25.1 Å². The van der Waals surface area contributed by atoms with Gasteiger partial charge in [-0.05, 0) is 69.5 Å². The molecule has 28 heavy (non-hydrogen) atoms. The monoisotopic (exact) mass is 420 g/mol. The van der Waals surface area contributed by atoms with Gasteiger partial charge in [-0.3, -0.25) is 9.59 Å². The molecule has 6 nitrogen and oxygen atoms in total. The van der Waals surface area contributed by atoms with E-state index in [4.69, 9.17) is 11.6 Å². The molecule has 0 unspecified atom stereocenters. The zero-order chi connectivity index (χ0) is 20.3. The summed E-state index contributed by atoms with van der Waals surface area (Å²) < 4.78 is 0.533. The van der Waals surface area contributed by atoms with Gasteiger partial charge in [0.15, 0.2) is 0 Å². The third-order valence-electron chi connectivity index (χ3n) is 4.65. The van der Waals surface area contributed by atoms with Crippen molar-refractivity contribution in [2.24, 2.45) is 0 Å². The lowest BCUT2D eigenvalue weighted by Gasteiger charge is -2.31. The van der Waals surface area contributed by atoms with E-state index in [0.717, 1.165) is 30.8 Å². The number of carbonyl (C=O) groups is 2. The van der Waals surface area contributed by atoms with Crippen LogP contribution in [0.25, 0.3) is 0 Å². The van der Waals surface area contributed by atoms with E-state index < -0.39 is 5.54 Å². The number of amides is 2. The van der Waals surface area contributed by atoms with Crippen molar-refractivity contribution in [2.75, 3.05) is 23.4 Å². The molecule has 2 aromatic rings. The number of hydrogen-bond acceptors (Lipinski definition) is 5. The molecule has 0 aliphatic carbocycles. The van der Waals surface area contributed by atoms with Crippen LogP contribution in [-0.2, 0) is 4.79 Å². The van der Waals surface area contributed by atoms with E-state index in [-0.39, 0.29) is 11.8 Å². The molecule has 1 aliphatic heterocycles. The van der Waals surface area contributed by atoms with Gasteiger partial charge in [0.1, 0.15) is 5.54 Å². The number of halogens is 1. The molecule has 0 saturated carbocycles. The number of nitrogens with zero attached hydrogens (tertiary/aromatic N) is 1. The molecule has 0 spiro atoms. The summed E-state index contributed by atoms with van der Waals surface area (Å²) in [5.74, 6) is -0.605.